The summed E-state index contributed by atoms with van der Waals surface area (Å²) < 4.78 is 26.5. The van der Waals surface area contributed by atoms with Crippen molar-refractivity contribution in [3.63, 3.8) is 0 Å². The van der Waals surface area contributed by atoms with Gasteiger partial charge in [-0.2, -0.15) is 0 Å². The Hall–Kier alpha value is -1.36. The highest BCUT2D eigenvalue weighted by molar-refractivity contribution is 7.98. The number of thioether (sulfide) groups is 1. The van der Waals surface area contributed by atoms with Crippen LogP contribution in [0.15, 0.2) is 52.3 Å². The van der Waals surface area contributed by atoms with E-state index in [4.69, 9.17) is 16.6 Å². The van der Waals surface area contributed by atoms with E-state index in [0.29, 0.717) is 23.2 Å². The van der Waals surface area contributed by atoms with Crippen molar-refractivity contribution in [2.45, 2.75) is 30.1 Å². The zero-order valence-corrected chi connectivity index (χ0v) is 23.4. The number of nitrogens with zero attached hydrogens (tertiary/aromatic N) is 3. The van der Waals surface area contributed by atoms with Crippen LogP contribution < -0.4 is 4.90 Å². The van der Waals surface area contributed by atoms with Crippen LogP contribution in [-0.2, 0) is 14.6 Å². The monoisotopic (exact) mass is 561 g/mol. The van der Waals surface area contributed by atoms with Crippen molar-refractivity contribution < 1.29 is 13.2 Å². The number of rotatable bonds is 11. The van der Waals surface area contributed by atoms with E-state index in [-0.39, 0.29) is 35.4 Å². The molecule has 0 bridgehead atoms. The number of carbonyl (C=O) groups is 1. The third kappa shape index (κ3) is 7.08. The van der Waals surface area contributed by atoms with Crippen LogP contribution in [0, 0.1) is 0 Å². The Balaban J connectivity index is 0.00000408. The quantitative estimate of drug-likeness (QED) is 0.282. The smallest absolute Gasteiger partial charge is 0.229 e. The number of para-hydroxylation sites is 1. The van der Waals surface area contributed by atoms with Gasteiger partial charge in [0.05, 0.1) is 20.9 Å². The van der Waals surface area contributed by atoms with E-state index in [1.807, 2.05) is 24.5 Å². The van der Waals surface area contributed by atoms with E-state index < -0.39 is 9.84 Å². The maximum Gasteiger partial charge on any atom is 0.229 e. The summed E-state index contributed by atoms with van der Waals surface area (Å²) in [5.41, 5.74) is 0.874. The van der Waals surface area contributed by atoms with Gasteiger partial charge < -0.3 is 4.90 Å². The largest absolute Gasteiger partial charge is 0.302 e. The van der Waals surface area contributed by atoms with Crippen molar-refractivity contribution in [2.24, 2.45) is 0 Å². The molecule has 11 heteroatoms. The fourth-order valence-corrected chi connectivity index (χ4v) is 6.44. The Bertz CT molecular complexity index is 1200. The predicted molar refractivity (Wildman–Crippen MR) is 147 cm³/mol. The molecule has 1 amide bonds. The van der Waals surface area contributed by atoms with Crippen molar-refractivity contribution in [3.05, 3.63) is 47.5 Å². The summed E-state index contributed by atoms with van der Waals surface area (Å²) in [6.07, 6.45) is 1.88. The molecule has 0 N–H and O–H groups in total. The molecule has 0 aliphatic carbocycles. The SMILES string of the molecule is CCN(CC)CCN(C(=O)CCS(=O)(=O)c1ccc(Cl)cc1)c1nc2c(SC)cccc2s1.Cl. The van der Waals surface area contributed by atoms with Gasteiger partial charge in [-0.1, -0.05) is 42.9 Å². The van der Waals surface area contributed by atoms with Crippen molar-refractivity contribution in [1.82, 2.24) is 9.88 Å². The van der Waals surface area contributed by atoms with Crippen molar-refractivity contribution in [3.8, 4) is 0 Å². The molecule has 0 atom stereocenters. The van der Waals surface area contributed by atoms with Crippen LogP contribution in [-0.4, -0.2) is 62.4 Å². The lowest BCUT2D eigenvalue weighted by molar-refractivity contribution is -0.118. The van der Waals surface area contributed by atoms with Gasteiger partial charge in [0.2, 0.25) is 5.91 Å². The maximum atomic E-state index is 13.3. The van der Waals surface area contributed by atoms with E-state index in [2.05, 4.69) is 18.7 Å². The molecule has 186 valence electrons. The number of anilines is 1. The van der Waals surface area contributed by atoms with Gasteiger partial charge in [0.1, 0.15) is 0 Å². The predicted octanol–water partition coefficient (Wildman–Crippen LogP) is 5.63. The van der Waals surface area contributed by atoms with Gasteiger partial charge >= 0.3 is 0 Å². The minimum Gasteiger partial charge on any atom is -0.302 e. The average Bonchev–Trinajstić information content (AvgIpc) is 3.24. The summed E-state index contributed by atoms with van der Waals surface area (Å²) in [6, 6.07) is 12.0. The topological polar surface area (TPSA) is 70.6 Å². The molecule has 0 radical (unpaired) electrons. The number of carbonyl (C=O) groups excluding carboxylic acids is 1. The molecular formula is C23H29Cl2N3O3S3. The highest BCUT2D eigenvalue weighted by atomic mass is 35.5. The van der Waals surface area contributed by atoms with Gasteiger partial charge in [-0.3, -0.25) is 9.69 Å². The summed E-state index contributed by atoms with van der Waals surface area (Å²) in [4.78, 5) is 23.1. The van der Waals surface area contributed by atoms with Crippen LogP contribution in [0.5, 0.6) is 0 Å². The molecule has 3 rings (SSSR count). The number of benzene rings is 2. The molecule has 3 aromatic rings. The highest BCUT2D eigenvalue weighted by Gasteiger charge is 2.24. The Kier molecular flexibility index (Phi) is 11.1. The Labute approximate surface area is 221 Å². The van der Waals surface area contributed by atoms with E-state index >= 15 is 0 Å². The molecule has 1 aromatic heterocycles. The molecule has 6 nitrogen and oxygen atoms in total. The van der Waals surface area contributed by atoms with Crippen LogP contribution in [0.2, 0.25) is 5.02 Å². The van der Waals surface area contributed by atoms with Gasteiger partial charge in [0.25, 0.3) is 0 Å². The molecule has 0 aliphatic rings. The number of amides is 1. The van der Waals surface area contributed by atoms with Crippen molar-refractivity contribution in [2.75, 3.05) is 43.1 Å². The first kappa shape index (κ1) is 28.9. The standard InChI is InChI=1S/C23H28ClN3O3S3.ClH/c1-4-26(5-2)14-15-27(23-25-22-19(31-3)7-6-8-20(22)32-23)21(28)13-16-33(29,30)18-11-9-17(24)10-12-18;/h6-12H,4-5,13-16H2,1-3H3;1H. The second-order valence-corrected chi connectivity index (χ2v) is 11.8. The number of aromatic nitrogens is 1. The van der Waals surface area contributed by atoms with Gasteiger partial charge in [-0.05, 0) is 55.7 Å². The Morgan fingerprint density at radius 2 is 1.76 bits per heavy atom. The molecule has 34 heavy (non-hydrogen) atoms. The fourth-order valence-electron chi connectivity index (χ4n) is 3.42. The number of hydrogen-bond acceptors (Lipinski definition) is 7. The zero-order valence-electron chi connectivity index (χ0n) is 19.4. The number of fused-ring (bicyclic) bond motifs is 1. The lowest BCUT2D eigenvalue weighted by atomic mass is 10.3. The summed E-state index contributed by atoms with van der Waals surface area (Å²) in [7, 11) is -3.60. The highest BCUT2D eigenvalue weighted by Crippen LogP contribution is 2.34. The molecule has 0 aliphatic heterocycles. The van der Waals surface area contributed by atoms with Crippen LogP contribution in [0.25, 0.3) is 10.2 Å². The van der Waals surface area contributed by atoms with Gasteiger partial charge in [-0.25, -0.2) is 13.4 Å². The van der Waals surface area contributed by atoms with Crippen LogP contribution in [0.1, 0.15) is 20.3 Å². The Morgan fingerprint density at radius 3 is 2.38 bits per heavy atom. The number of sulfone groups is 1. The van der Waals surface area contributed by atoms with Crippen LogP contribution in [0.4, 0.5) is 5.13 Å². The number of thiazole rings is 1. The molecule has 0 spiro atoms. The molecule has 2 aromatic carbocycles. The first-order valence-electron chi connectivity index (χ1n) is 10.7. The normalized spacial score (nSPS) is 11.6. The van der Waals surface area contributed by atoms with Crippen LogP contribution in [0.3, 0.4) is 0 Å². The third-order valence-electron chi connectivity index (χ3n) is 5.41. The third-order valence-corrected chi connectivity index (χ3v) is 9.21. The van der Waals surface area contributed by atoms with Gasteiger partial charge in [0, 0.05) is 29.4 Å². The zero-order chi connectivity index (χ0) is 24.0. The van der Waals surface area contributed by atoms with E-state index in [0.717, 1.165) is 28.2 Å². The lowest BCUT2D eigenvalue weighted by Crippen LogP contribution is -2.39. The lowest BCUT2D eigenvalue weighted by Gasteiger charge is -2.24. The molecule has 0 fully saturated rings. The number of halogens is 2. The number of likely N-dealkylation sites (N-methyl/N-ethyl adjacent to an activating group) is 1. The molecular weight excluding hydrogens is 533 g/mol. The van der Waals surface area contributed by atoms with E-state index in [1.54, 1.807) is 16.7 Å². The van der Waals surface area contributed by atoms with Crippen molar-refractivity contribution >= 4 is 78.2 Å². The minimum absolute atomic E-state index is 0. The van der Waals surface area contributed by atoms with E-state index in [9.17, 15) is 13.2 Å². The average molecular weight is 563 g/mol. The van der Waals surface area contributed by atoms with Gasteiger partial charge in [-0.15, -0.1) is 24.2 Å². The fraction of sp³-hybridized carbons (Fsp3) is 0.391. The first-order chi connectivity index (χ1) is 15.8. The minimum atomic E-state index is -3.60. The van der Waals surface area contributed by atoms with Gasteiger partial charge in [0.15, 0.2) is 15.0 Å². The summed E-state index contributed by atoms with van der Waals surface area (Å²) in [5, 5.41) is 1.07. The van der Waals surface area contributed by atoms with Crippen LogP contribution >= 0.6 is 47.1 Å². The summed E-state index contributed by atoms with van der Waals surface area (Å²) >= 11 is 8.94. The van der Waals surface area contributed by atoms with E-state index in [1.165, 1.54) is 35.6 Å². The first-order valence-corrected chi connectivity index (χ1v) is 14.8. The molecule has 0 saturated carbocycles. The number of hydrogen-bond donors (Lipinski definition) is 0. The Morgan fingerprint density at radius 1 is 1.09 bits per heavy atom. The molecule has 0 unspecified atom stereocenters. The summed E-state index contributed by atoms with van der Waals surface area (Å²) in [6.45, 7) is 7.05. The molecule has 1 heterocycles. The second kappa shape index (κ2) is 13.1. The van der Waals surface area contributed by atoms with Crippen molar-refractivity contribution in [1.29, 1.82) is 0 Å². The maximum absolute atomic E-state index is 13.3. The second-order valence-electron chi connectivity index (χ2n) is 7.40. The molecule has 0 saturated heterocycles. The summed E-state index contributed by atoms with van der Waals surface area (Å²) in [5.74, 6) is -0.514.